The minimum atomic E-state index is 0.231. The molecule has 1 aliphatic carbocycles. The molecule has 0 aromatic carbocycles. The number of hydrogen-bond donors (Lipinski definition) is 1. The quantitative estimate of drug-likeness (QED) is 0.810. The van der Waals surface area contributed by atoms with Gasteiger partial charge in [0, 0.05) is 32.2 Å². The fourth-order valence-corrected chi connectivity index (χ4v) is 5.27. The summed E-state index contributed by atoms with van der Waals surface area (Å²) in [5, 5.41) is 8.23. The van der Waals surface area contributed by atoms with Gasteiger partial charge < -0.3 is 10.6 Å². The number of nitrogens with zero attached hydrogens (tertiary/aromatic N) is 4. The van der Waals surface area contributed by atoms with E-state index in [1.807, 2.05) is 0 Å². The fourth-order valence-electron chi connectivity index (χ4n) is 3.73. The molecule has 4 fully saturated rings. The van der Waals surface area contributed by atoms with Crippen LogP contribution in [0.2, 0.25) is 0 Å². The fraction of sp³-hybridized carbons (Fsp3) is 0.800. The standard InChI is InChI=1S/C15H23N5OS2/c16-14-17-18-15(23-14)22-9-13(21)20-7-11-3-4-12(8-20)19(6-11)5-10-1-2-10/h10-12H,1-9H2,(H2,16,17)/t11-,12-/m0/s1. The highest BCUT2D eigenvalue weighted by Crippen LogP contribution is 2.35. The largest absolute Gasteiger partial charge is 0.374 e. The second kappa shape index (κ2) is 6.57. The molecule has 1 amide bonds. The molecule has 5 rings (SSSR count). The van der Waals surface area contributed by atoms with Gasteiger partial charge in [-0.2, -0.15) is 0 Å². The van der Waals surface area contributed by atoms with Crippen LogP contribution < -0.4 is 5.73 Å². The van der Waals surface area contributed by atoms with E-state index < -0.39 is 0 Å². The molecule has 6 nitrogen and oxygen atoms in total. The van der Waals surface area contributed by atoms with Crippen molar-refractivity contribution in [3.05, 3.63) is 0 Å². The van der Waals surface area contributed by atoms with E-state index in [4.69, 9.17) is 5.73 Å². The van der Waals surface area contributed by atoms with E-state index in [2.05, 4.69) is 20.0 Å². The van der Waals surface area contributed by atoms with Crippen molar-refractivity contribution in [3.8, 4) is 0 Å². The monoisotopic (exact) mass is 353 g/mol. The first kappa shape index (κ1) is 15.7. The Kier molecular flexibility index (Phi) is 4.47. The smallest absolute Gasteiger partial charge is 0.233 e. The van der Waals surface area contributed by atoms with Crippen molar-refractivity contribution in [1.29, 1.82) is 0 Å². The summed E-state index contributed by atoms with van der Waals surface area (Å²) in [5.74, 6) is 2.25. The topological polar surface area (TPSA) is 75.3 Å². The molecular weight excluding hydrogens is 330 g/mol. The number of carbonyl (C=O) groups is 1. The number of carbonyl (C=O) groups excluding carboxylic acids is 1. The van der Waals surface area contributed by atoms with Crippen molar-refractivity contribution in [2.24, 2.45) is 11.8 Å². The van der Waals surface area contributed by atoms with E-state index in [9.17, 15) is 4.79 Å². The third-order valence-electron chi connectivity index (χ3n) is 5.11. The van der Waals surface area contributed by atoms with Crippen molar-refractivity contribution >= 4 is 34.1 Å². The molecule has 1 aromatic heterocycles. The molecule has 0 unspecified atom stereocenters. The number of thioether (sulfide) groups is 1. The SMILES string of the molecule is Nc1nnc(SCC(=O)N2C[C@H]3CC[C@@H](C2)N(CC2CC2)C3)s1. The van der Waals surface area contributed by atoms with Crippen LogP contribution in [0.1, 0.15) is 25.7 Å². The third-order valence-corrected chi connectivity index (χ3v) is 6.98. The number of nitrogen functional groups attached to an aromatic ring is 1. The highest BCUT2D eigenvalue weighted by molar-refractivity contribution is 8.01. The van der Waals surface area contributed by atoms with Gasteiger partial charge in [-0.25, -0.2) is 0 Å². The van der Waals surface area contributed by atoms with Gasteiger partial charge in [0.1, 0.15) is 0 Å². The summed E-state index contributed by atoms with van der Waals surface area (Å²) in [5.41, 5.74) is 5.58. The lowest BCUT2D eigenvalue weighted by atomic mass is 9.95. The maximum absolute atomic E-state index is 12.6. The van der Waals surface area contributed by atoms with Crippen LogP contribution in [0.4, 0.5) is 5.13 Å². The zero-order valence-corrected chi connectivity index (χ0v) is 14.8. The van der Waals surface area contributed by atoms with Gasteiger partial charge in [-0.15, -0.1) is 10.2 Å². The third kappa shape index (κ3) is 3.80. The molecule has 8 heteroatoms. The molecule has 1 aromatic rings. The van der Waals surface area contributed by atoms with Gasteiger partial charge in [0.05, 0.1) is 5.75 Å². The van der Waals surface area contributed by atoms with Gasteiger partial charge in [0.25, 0.3) is 0 Å². The summed E-state index contributed by atoms with van der Waals surface area (Å²) in [6.45, 7) is 4.27. The highest BCUT2D eigenvalue weighted by Gasteiger charge is 2.38. The molecule has 2 bridgehead atoms. The number of fused-ring (bicyclic) bond motifs is 4. The lowest BCUT2D eigenvalue weighted by Crippen LogP contribution is -2.45. The summed E-state index contributed by atoms with van der Waals surface area (Å²) in [4.78, 5) is 17.4. The molecule has 126 valence electrons. The zero-order valence-electron chi connectivity index (χ0n) is 13.2. The van der Waals surface area contributed by atoms with Crippen LogP contribution in [-0.4, -0.2) is 63.9 Å². The molecule has 1 saturated carbocycles. The number of piperidine rings is 1. The van der Waals surface area contributed by atoms with Crippen molar-refractivity contribution in [2.75, 3.05) is 37.7 Å². The first-order valence-electron chi connectivity index (χ1n) is 8.41. The average molecular weight is 354 g/mol. The maximum Gasteiger partial charge on any atom is 0.233 e. The molecule has 4 aliphatic rings. The number of hydrogen-bond acceptors (Lipinski definition) is 7. The van der Waals surface area contributed by atoms with Crippen LogP contribution in [0, 0.1) is 11.8 Å². The number of anilines is 1. The van der Waals surface area contributed by atoms with Crippen molar-refractivity contribution in [1.82, 2.24) is 20.0 Å². The Balaban J connectivity index is 1.34. The molecule has 2 N–H and O–H groups in total. The van der Waals surface area contributed by atoms with Gasteiger partial charge in [-0.3, -0.25) is 9.69 Å². The summed E-state index contributed by atoms with van der Waals surface area (Å²) in [6.07, 6.45) is 5.33. The molecule has 3 saturated heterocycles. The summed E-state index contributed by atoms with van der Waals surface area (Å²) in [7, 11) is 0. The molecule has 0 radical (unpaired) electrons. The second-order valence-corrected chi connectivity index (χ2v) is 9.22. The first-order valence-corrected chi connectivity index (χ1v) is 10.2. The first-order chi connectivity index (χ1) is 11.2. The van der Waals surface area contributed by atoms with Crippen LogP contribution in [0.5, 0.6) is 0 Å². The van der Waals surface area contributed by atoms with Crippen molar-refractivity contribution < 1.29 is 4.79 Å². The van der Waals surface area contributed by atoms with Gasteiger partial charge in [0.2, 0.25) is 11.0 Å². The summed E-state index contributed by atoms with van der Waals surface area (Å²) >= 11 is 2.80. The predicted molar refractivity (Wildman–Crippen MR) is 92.4 cm³/mol. The van der Waals surface area contributed by atoms with E-state index in [-0.39, 0.29) is 5.91 Å². The molecule has 2 atom stereocenters. The Bertz CT molecular complexity index is 576. The average Bonchev–Trinajstić information content (AvgIpc) is 3.31. The summed E-state index contributed by atoms with van der Waals surface area (Å²) < 4.78 is 0.781. The minimum Gasteiger partial charge on any atom is -0.374 e. The Labute approximate surface area is 144 Å². The zero-order chi connectivity index (χ0) is 15.8. The number of nitrogens with two attached hydrogens (primary N) is 1. The lowest BCUT2D eigenvalue weighted by molar-refractivity contribution is -0.128. The van der Waals surface area contributed by atoms with E-state index in [0.29, 0.717) is 22.8 Å². The van der Waals surface area contributed by atoms with E-state index in [0.717, 1.165) is 23.3 Å². The van der Waals surface area contributed by atoms with Crippen LogP contribution in [0.25, 0.3) is 0 Å². The van der Waals surface area contributed by atoms with Crippen molar-refractivity contribution in [3.63, 3.8) is 0 Å². The Morgan fingerprint density at radius 1 is 1.22 bits per heavy atom. The van der Waals surface area contributed by atoms with Crippen LogP contribution in [0.15, 0.2) is 4.34 Å². The van der Waals surface area contributed by atoms with Gasteiger partial charge in [-0.05, 0) is 37.5 Å². The van der Waals surface area contributed by atoms with E-state index in [1.165, 1.54) is 61.9 Å². The van der Waals surface area contributed by atoms with Crippen molar-refractivity contribution in [2.45, 2.75) is 36.1 Å². The number of rotatable bonds is 5. The molecule has 4 heterocycles. The normalized spacial score (nSPS) is 28.1. The Morgan fingerprint density at radius 2 is 2.09 bits per heavy atom. The minimum absolute atomic E-state index is 0.231. The van der Waals surface area contributed by atoms with Gasteiger partial charge in [-0.1, -0.05) is 23.1 Å². The van der Waals surface area contributed by atoms with E-state index in [1.54, 1.807) is 0 Å². The van der Waals surface area contributed by atoms with E-state index >= 15 is 0 Å². The molecule has 0 spiro atoms. The Morgan fingerprint density at radius 3 is 2.83 bits per heavy atom. The molecular formula is C15H23N5OS2. The maximum atomic E-state index is 12.6. The van der Waals surface area contributed by atoms with Gasteiger partial charge >= 0.3 is 0 Å². The lowest BCUT2D eigenvalue weighted by Gasteiger charge is -2.36. The highest BCUT2D eigenvalue weighted by atomic mass is 32.2. The molecule has 23 heavy (non-hydrogen) atoms. The van der Waals surface area contributed by atoms with Crippen LogP contribution >= 0.6 is 23.1 Å². The number of aromatic nitrogens is 2. The van der Waals surface area contributed by atoms with Crippen LogP contribution in [0.3, 0.4) is 0 Å². The van der Waals surface area contributed by atoms with Gasteiger partial charge in [0.15, 0.2) is 4.34 Å². The van der Waals surface area contributed by atoms with Crippen LogP contribution in [-0.2, 0) is 4.79 Å². The predicted octanol–water partition coefficient (Wildman–Crippen LogP) is 1.55. The Hall–Kier alpha value is -0.860. The second-order valence-electron chi connectivity index (χ2n) is 6.99. The number of amides is 1. The summed E-state index contributed by atoms with van der Waals surface area (Å²) in [6, 6.07) is 0.570. The molecule has 3 aliphatic heterocycles.